The predicted octanol–water partition coefficient (Wildman–Crippen LogP) is 3.53. The zero-order valence-electron chi connectivity index (χ0n) is 18.3. The first-order valence-corrected chi connectivity index (χ1v) is 10.8. The number of nitrogens with zero attached hydrogens (tertiary/aromatic N) is 1. The summed E-state index contributed by atoms with van der Waals surface area (Å²) >= 11 is 0. The summed E-state index contributed by atoms with van der Waals surface area (Å²) in [6, 6.07) is 7.90. The van der Waals surface area contributed by atoms with Gasteiger partial charge >= 0.3 is 6.03 Å². The Morgan fingerprint density at radius 3 is 2.52 bits per heavy atom. The van der Waals surface area contributed by atoms with E-state index in [0.29, 0.717) is 12.5 Å². The summed E-state index contributed by atoms with van der Waals surface area (Å²) in [5.74, 6) is 6.97. The lowest BCUT2D eigenvalue weighted by Gasteiger charge is -2.53. The third kappa shape index (κ3) is 5.52. The highest BCUT2D eigenvalue weighted by atomic mass is 16.5. The van der Waals surface area contributed by atoms with E-state index in [2.05, 4.69) is 34.3 Å². The second-order valence-electron chi connectivity index (χ2n) is 9.04. The Morgan fingerprint density at radius 1 is 1.28 bits per heavy atom. The van der Waals surface area contributed by atoms with Crippen LogP contribution < -0.4 is 10.6 Å². The molecule has 1 atom stereocenters. The number of amides is 2. The van der Waals surface area contributed by atoms with Crippen molar-refractivity contribution in [1.29, 1.82) is 0 Å². The number of carbonyl (C=O) groups excluding carboxylic acids is 1. The summed E-state index contributed by atoms with van der Waals surface area (Å²) in [5.41, 5.74) is 1.33. The molecule has 1 unspecified atom stereocenters. The Hall–Kier alpha value is -2.03. The van der Waals surface area contributed by atoms with Gasteiger partial charge in [-0.25, -0.2) is 4.79 Å². The smallest absolute Gasteiger partial charge is 0.316 e. The van der Waals surface area contributed by atoms with Crippen LogP contribution in [0.1, 0.15) is 57.6 Å². The van der Waals surface area contributed by atoms with Crippen molar-refractivity contribution in [3.8, 4) is 11.8 Å². The normalized spacial score (nSPS) is 25.8. The van der Waals surface area contributed by atoms with Crippen molar-refractivity contribution in [2.45, 2.75) is 64.1 Å². The molecule has 3 aliphatic rings. The monoisotopic (exact) mass is 397 g/mol. The van der Waals surface area contributed by atoms with Gasteiger partial charge in [0.1, 0.15) is 0 Å². The van der Waals surface area contributed by atoms with Crippen LogP contribution in [-0.2, 0) is 11.3 Å². The molecule has 0 spiro atoms. The Balaban J connectivity index is 1.63. The molecular formula is C24H35N3O2. The van der Waals surface area contributed by atoms with Crippen LogP contribution in [0, 0.1) is 17.8 Å². The zero-order chi connectivity index (χ0) is 20.9. The summed E-state index contributed by atoms with van der Waals surface area (Å²) in [5, 5.41) is 6.45. The first-order chi connectivity index (χ1) is 13.9. The van der Waals surface area contributed by atoms with Gasteiger partial charge < -0.3 is 20.3 Å². The minimum Gasteiger partial charge on any atom is -0.380 e. The molecule has 1 aromatic rings. The fourth-order valence-corrected chi connectivity index (χ4v) is 4.76. The lowest BCUT2D eigenvalue weighted by atomic mass is 9.70. The topological polar surface area (TPSA) is 53.6 Å². The van der Waals surface area contributed by atoms with Gasteiger partial charge in [-0.2, -0.15) is 0 Å². The minimum atomic E-state index is -0.614. The van der Waals surface area contributed by atoms with E-state index in [1.54, 1.807) is 7.11 Å². The number of piperidine rings is 3. The second-order valence-corrected chi connectivity index (χ2v) is 9.04. The van der Waals surface area contributed by atoms with Crippen LogP contribution in [-0.4, -0.2) is 48.8 Å². The molecule has 5 heteroatoms. The first-order valence-electron chi connectivity index (χ1n) is 10.8. The molecule has 0 saturated carbocycles. The lowest BCUT2D eigenvalue weighted by Crippen LogP contribution is -2.68. The Bertz CT molecular complexity index is 755. The van der Waals surface area contributed by atoms with Crippen LogP contribution in [0.3, 0.4) is 0 Å². The van der Waals surface area contributed by atoms with Crippen molar-refractivity contribution in [2.75, 3.05) is 26.7 Å². The maximum Gasteiger partial charge on any atom is 0.316 e. The number of nitrogens with one attached hydrogen (secondary N) is 2. The highest BCUT2D eigenvalue weighted by Gasteiger charge is 2.47. The molecule has 3 aliphatic heterocycles. The first kappa shape index (κ1) is 21.7. The summed E-state index contributed by atoms with van der Waals surface area (Å²) < 4.78 is 5.14. The maximum absolute atomic E-state index is 12.9. The zero-order valence-corrected chi connectivity index (χ0v) is 18.3. The number of benzene rings is 1. The van der Waals surface area contributed by atoms with Crippen LogP contribution in [0.2, 0.25) is 0 Å². The van der Waals surface area contributed by atoms with Gasteiger partial charge in [-0.05, 0) is 69.8 Å². The number of urea groups is 1. The van der Waals surface area contributed by atoms with Crippen molar-refractivity contribution in [2.24, 2.45) is 5.92 Å². The van der Waals surface area contributed by atoms with E-state index in [1.807, 2.05) is 38.1 Å². The predicted molar refractivity (Wildman–Crippen MR) is 117 cm³/mol. The number of fused-ring (bicyclic) bond motifs is 3. The molecule has 2 bridgehead atoms. The largest absolute Gasteiger partial charge is 0.380 e. The number of carbonyl (C=O) groups is 1. The molecule has 3 heterocycles. The van der Waals surface area contributed by atoms with Gasteiger partial charge in [0, 0.05) is 19.2 Å². The van der Waals surface area contributed by atoms with Crippen molar-refractivity contribution < 1.29 is 9.53 Å². The highest BCUT2D eigenvalue weighted by molar-refractivity contribution is 5.76. The highest BCUT2D eigenvalue weighted by Crippen LogP contribution is 2.38. The van der Waals surface area contributed by atoms with Crippen LogP contribution in [0.4, 0.5) is 4.79 Å². The van der Waals surface area contributed by atoms with Crippen molar-refractivity contribution in [1.82, 2.24) is 15.5 Å². The van der Waals surface area contributed by atoms with Gasteiger partial charge in [-0.1, -0.05) is 37.3 Å². The molecule has 2 amide bonds. The van der Waals surface area contributed by atoms with E-state index >= 15 is 0 Å². The van der Waals surface area contributed by atoms with E-state index in [-0.39, 0.29) is 11.6 Å². The van der Waals surface area contributed by atoms with E-state index < -0.39 is 5.54 Å². The Kier molecular flexibility index (Phi) is 6.87. The van der Waals surface area contributed by atoms with Crippen LogP contribution in [0.5, 0.6) is 0 Å². The second kappa shape index (κ2) is 9.19. The van der Waals surface area contributed by atoms with Crippen molar-refractivity contribution >= 4 is 6.03 Å². The summed E-state index contributed by atoms with van der Waals surface area (Å²) in [6.07, 6.45) is 4.47. The molecule has 0 aliphatic carbocycles. The van der Waals surface area contributed by atoms with Crippen LogP contribution in [0.25, 0.3) is 0 Å². The molecule has 3 saturated heterocycles. The van der Waals surface area contributed by atoms with Gasteiger partial charge in [0.25, 0.3) is 0 Å². The molecule has 0 aromatic heterocycles. The molecule has 0 radical (unpaired) electrons. The van der Waals surface area contributed by atoms with E-state index in [9.17, 15) is 4.79 Å². The number of rotatable bonds is 6. The molecular weight excluding hydrogens is 362 g/mol. The SMILES string of the molecule is CCCC1(NC(=O)NC(C)(C)C#Cc2ccc(COC)cc2)CN2CCC1CC2. The third-order valence-corrected chi connectivity index (χ3v) is 6.14. The molecule has 5 nitrogen and oxygen atoms in total. The molecule has 3 fully saturated rings. The standard InChI is InChI=1S/C24H35N3O2/c1-5-13-24(18-27-15-11-21(24)12-16-27)26-22(28)25-23(2,3)14-10-19-6-8-20(9-7-19)17-29-4/h6-9,21H,5,11-13,15-18H2,1-4H3,(H2,25,26,28). The fraction of sp³-hybridized carbons (Fsp3) is 0.625. The average Bonchev–Trinajstić information content (AvgIpc) is 2.68. The van der Waals surface area contributed by atoms with E-state index in [4.69, 9.17) is 4.74 Å². The van der Waals surface area contributed by atoms with Gasteiger partial charge in [0.15, 0.2) is 0 Å². The molecule has 158 valence electrons. The Labute approximate surface area is 175 Å². The van der Waals surface area contributed by atoms with Crippen molar-refractivity contribution in [3.63, 3.8) is 0 Å². The fourth-order valence-electron chi connectivity index (χ4n) is 4.76. The van der Waals surface area contributed by atoms with Gasteiger partial charge in [0.2, 0.25) is 0 Å². The Morgan fingerprint density at radius 2 is 1.97 bits per heavy atom. The number of ether oxygens (including phenoxy) is 1. The summed E-state index contributed by atoms with van der Waals surface area (Å²) in [7, 11) is 1.69. The number of hydrogen-bond acceptors (Lipinski definition) is 3. The quantitative estimate of drug-likeness (QED) is 0.722. The van der Waals surface area contributed by atoms with Crippen LogP contribution in [0.15, 0.2) is 24.3 Å². The third-order valence-electron chi connectivity index (χ3n) is 6.14. The number of hydrogen-bond donors (Lipinski definition) is 2. The summed E-state index contributed by atoms with van der Waals surface area (Å²) in [6.45, 7) is 9.99. The van der Waals surface area contributed by atoms with Gasteiger partial charge in [-0.3, -0.25) is 0 Å². The minimum absolute atomic E-state index is 0.101. The van der Waals surface area contributed by atoms with Gasteiger partial charge in [-0.15, -0.1) is 0 Å². The van der Waals surface area contributed by atoms with E-state index in [0.717, 1.165) is 30.5 Å². The lowest BCUT2D eigenvalue weighted by molar-refractivity contribution is 0.00706. The molecule has 1 aromatic carbocycles. The van der Waals surface area contributed by atoms with Crippen LogP contribution >= 0.6 is 0 Å². The molecule has 4 rings (SSSR count). The molecule has 29 heavy (non-hydrogen) atoms. The van der Waals surface area contributed by atoms with Crippen molar-refractivity contribution in [3.05, 3.63) is 35.4 Å². The van der Waals surface area contributed by atoms with E-state index in [1.165, 1.54) is 25.9 Å². The summed E-state index contributed by atoms with van der Waals surface area (Å²) in [4.78, 5) is 15.4. The van der Waals surface area contributed by atoms with Gasteiger partial charge in [0.05, 0.1) is 17.7 Å². The molecule has 2 N–H and O–H groups in total. The average molecular weight is 398 g/mol. The maximum atomic E-state index is 12.9. The number of methoxy groups -OCH3 is 1.